The van der Waals surface area contributed by atoms with Crippen LogP contribution in [0.3, 0.4) is 0 Å². The molecule has 0 aliphatic carbocycles. The zero-order chi connectivity index (χ0) is 25.6. The number of rotatable bonds is 11. The molecule has 0 radical (unpaired) electrons. The fourth-order valence-corrected chi connectivity index (χ4v) is 4.99. The molecule has 2 aliphatic rings. The summed E-state index contributed by atoms with van der Waals surface area (Å²) in [4.78, 5) is 0. The Morgan fingerprint density at radius 1 is 0.838 bits per heavy atom. The van der Waals surface area contributed by atoms with E-state index >= 15 is 0 Å². The molecule has 0 N–H and O–H groups in total. The van der Waals surface area contributed by atoms with Gasteiger partial charge in [-0.2, -0.15) is 5.10 Å². The highest BCUT2D eigenvalue weighted by molar-refractivity contribution is 6.02. The smallest absolute Gasteiger partial charge is 0.213 e. The van der Waals surface area contributed by atoms with Gasteiger partial charge in [0.15, 0.2) is 0 Å². The lowest BCUT2D eigenvalue weighted by Gasteiger charge is -2.38. The number of unbranched alkanes of at least 4 members (excludes halogenated alkanes) is 4. The van der Waals surface area contributed by atoms with Gasteiger partial charge in [0.2, 0.25) is 6.23 Å². The normalized spacial score (nSPS) is 17.9. The van der Waals surface area contributed by atoms with Crippen molar-refractivity contribution in [1.82, 2.24) is 5.01 Å². The van der Waals surface area contributed by atoms with E-state index in [9.17, 15) is 0 Å². The number of hydrazone groups is 1. The van der Waals surface area contributed by atoms with E-state index < -0.39 is 0 Å². The number of benzene rings is 3. The minimum absolute atomic E-state index is 0.0556. The van der Waals surface area contributed by atoms with Gasteiger partial charge >= 0.3 is 0 Å². The Balaban J connectivity index is 1.37. The van der Waals surface area contributed by atoms with E-state index in [2.05, 4.69) is 42.3 Å². The third-order valence-electron chi connectivity index (χ3n) is 7.10. The summed E-state index contributed by atoms with van der Waals surface area (Å²) in [6.07, 6.45) is 6.60. The Morgan fingerprint density at radius 2 is 1.54 bits per heavy atom. The maximum Gasteiger partial charge on any atom is 0.213 e. The van der Waals surface area contributed by atoms with Crippen molar-refractivity contribution in [3.8, 4) is 23.0 Å². The van der Waals surface area contributed by atoms with Crippen LogP contribution in [0.25, 0.3) is 0 Å². The van der Waals surface area contributed by atoms with Gasteiger partial charge in [0.25, 0.3) is 0 Å². The van der Waals surface area contributed by atoms with Crippen LogP contribution in [0.1, 0.15) is 74.4 Å². The molecule has 5 rings (SSSR count). The van der Waals surface area contributed by atoms with E-state index in [4.69, 9.17) is 24.0 Å². The molecule has 6 nitrogen and oxygen atoms in total. The number of methoxy groups -OCH3 is 2. The molecule has 0 amide bonds. The summed E-state index contributed by atoms with van der Waals surface area (Å²) in [7, 11) is 3.37. The second-order valence-corrected chi connectivity index (χ2v) is 9.58. The lowest BCUT2D eigenvalue weighted by atomic mass is 9.95. The molecule has 2 aliphatic heterocycles. The van der Waals surface area contributed by atoms with Gasteiger partial charge in [-0.25, -0.2) is 5.01 Å². The van der Waals surface area contributed by atoms with Crippen LogP contribution < -0.4 is 18.9 Å². The van der Waals surface area contributed by atoms with Gasteiger partial charge in [-0.1, -0.05) is 32.6 Å². The highest BCUT2D eigenvalue weighted by Gasteiger charge is 2.41. The summed E-state index contributed by atoms with van der Waals surface area (Å²) in [5, 5.41) is 7.16. The van der Waals surface area contributed by atoms with Gasteiger partial charge in [0.1, 0.15) is 23.0 Å². The molecule has 0 spiro atoms. The van der Waals surface area contributed by atoms with Crippen molar-refractivity contribution in [3.63, 3.8) is 0 Å². The van der Waals surface area contributed by atoms with Gasteiger partial charge in [-0.15, -0.1) is 0 Å². The molecular formula is C31H36N2O4. The number of nitrogens with zero attached hydrogens (tertiary/aromatic N) is 2. The van der Waals surface area contributed by atoms with Crippen LogP contribution in [0, 0.1) is 0 Å². The summed E-state index contributed by atoms with van der Waals surface area (Å²) >= 11 is 0. The maximum absolute atomic E-state index is 6.53. The van der Waals surface area contributed by atoms with Crippen molar-refractivity contribution in [2.24, 2.45) is 5.10 Å². The molecule has 0 saturated heterocycles. The highest BCUT2D eigenvalue weighted by Crippen LogP contribution is 2.48. The second-order valence-electron chi connectivity index (χ2n) is 9.58. The molecule has 0 aromatic heterocycles. The lowest BCUT2D eigenvalue weighted by Crippen LogP contribution is -2.33. The van der Waals surface area contributed by atoms with E-state index in [0.29, 0.717) is 0 Å². The van der Waals surface area contributed by atoms with Crippen LogP contribution >= 0.6 is 0 Å². The summed E-state index contributed by atoms with van der Waals surface area (Å²) in [6.45, 7) is 2.99. The van der Waals surface area contributed by atoms with Gasteiger partial charge in [0, 0.05) is 17.5 Å². The van der Waals surface area contributed by atoms with Crippen LogP contribution in [-0.2, 0) is 0 Å². The first-order chi connectivity index (χ1) is 18.2. The topological polar surface area (TPSA) is 52.5 Å². The van der Waals surface area contributed by atoms with Crippen LogP contribution in [0.2, 0.25) is 0 Å². The third kappa shape index (κ3) is 5.53. The number of hydrogen-bond donors (Lipinski definition) is 0. The number of ether oxygens (including phenoxy) is 4. The summed E-state index contributed by atoms with van der Waals surface area (Å²) in [5.41, 5.74) is 4.24. The van der Waals surface area contributed by atoms with E-state index in [1.54, 1.807) is 14.2 Å². The van der Waals surface area contributed by atoms with Gasteiger partial charge in [-0.05, 0) is 78.7 Å². The predicted octanol–water partition coefficient (Wildman–Crippen LogP) is 7.30. The molecule has 0 saturated carbocycles. The Hall–Kier alpha value is -3.67. The first-order valence-corrected chi connectivity index (χ1v) is 13.3. The van der Waals surface area contributed by atoms with Crippen LogP contribution in [0.5, 0.6) is 23.0 Å². The first kappa shape index (κ1) is 25.0. The highest BCUT2D eigenvalue weighted by atomic mass is 16.5. The molecule has 0 fully saturated rings. The minimum atomic E-state index is -0.329. The van der Waals surface area contributed by atoms with E-state index in [1.807, 2.05) is 36.4 Å². The van der Waals surface area contributed by atoms with Gasteiger partial charge in [-0.3, -0.25) is 0 Å². The first-order valence-electron chi connectivity index (χ1n) is 13.3. The predicted molar refractivity (Wildman–Crippen MR) is 146 cm³/mol. The molecule has 2 unspecified atom stereocenters. The summed E-state index contributed by atoms with van der Waals surface area (Å²) < 4.78 is 23.4. The molecule has 2 heterocycles. The Morgan fingerprint density at radius 3 is 2.27 bits per heavy atom. The minimum Gasteiger partial charge on any atom is -0.497 e. The Kier molecular flexibility index (Phi) is 7.83. The number of fused-ring (bicyclic) bond motifs is 3. The fourth-order valence-electron chi connectivity index (χ4n) is 4.99. The third-order valence-corrected chi connectivity index (χ3v) is 7.10. The average Bonchev–Trinajstić information content (AvgIpc) is 3.40. The molecule has 2 atom stereocenters. The molecule has 3 aromatic rings. The Bertz CT molecular complexity index is 1210. The van der Waals surface area contributed by atoms with E-state index in [-0.39, 0.29) is 12.3 Å². The second kappa shape index (κ2) is 11.6. The van der Waals surface area contributed by atoms with Crippen molar-refractivity contribution in [1.29, 1.82) is 0 Å². The Labute approximate surface area is 219 Å². The molecule has 194 valence electrons. The zero-order valence-electron chi connectivity index (χ0n) is 22.0. The SMILES string of the molecule is CCCCCCCOc1ccc(C2Oc3ccc(OC)cc3C3CC(c4ccc(OC)cc4)=NN32)cc1. The maximum atomic E-state index is 6.53. The summed E-state index contributed by atoms with van der Waals surface area (Å²) in [6, 6.07) is 22.4. The van der Waals surface area contributed by atoms with Crippen molar-refractivity contribution in [2.45, 2.75) is 57.7 Å². The average molecular weight is 501 g/mol. The largest absolute Gasteiger partial charge is 0.497 e. The van der Waals surface area contributed by atoms with Crippen LogP contribution in [0.15, 0.2) is 71.8 Å². The molecule has 0 bridgehead atoms. The molecule has 37 heavy (non-hydrogen) atoms. The van der Waals surface area contributed by atoms with Crippen molar-refractivity contribution >= 4 is 5.71 Å². The molecule has 3 aromatic carbocycles. The fraction of sp³-hybridized carbons (Fsp3) is 0.387. The van der Waals surface area contributed by atoms with Crippen LogP contribution in [0.4, 0.5) is 0 Å². The molecular weight excluding hydrogens is 464 g/mol. The monoisotopic (exact) mass is 500 g/mol. The van der Waals surface area contributed by atoms with Crippen molar-refractivity contribution in [3.05, 3.63) is 83.4 Å². The van der Waals surface area contributed by atoms with Gasteiger partial charge < -0.3 is 18.9 Å². The van der Waals surface area contributed by atoms with Gasteiger partial charge in [0.05, 0.1) is 32.6 Å². The van der Waals surface area contributed by atoms with Crippen molar-refractivity contribution in [2.75, 3.05) is 20.8 Å². The quantitative estimate of drug-likeness (QED) is 0.259. The number of hydrogen-bond acceptors (Lipinski definition) is 6. The lowest BCUT2D eigenvalue weighted by molar-refractivity contribution is -0.0191. The van der Waals surface area contributed by atoms with Crippen LogP contribution in [-0.4, -0.2) is 31.5 Å². The zero-order valence-corrected chi connectivity index (χ0v) is 22.0. The molecule has 6 heteroatoms. The van der Waals surface area contributed by atoms with Crippen molar-refractivity contribution < 1.29 is 18.9 Å². The summed E-state index contributed by atoms with van der Waals surface area (Å²) in [5.74, 6) is 3.40. The standard InChI is InChI=1S/C31H36N2O4/c1-4-5-6-7-8-19-36-25-15-11-23(12-16-25)31-33-29(27-20-26(35-3)17-18-30(27)37-31)21-28(32-33)22-9-13-24(34-2)14-10-22/h9-18,20,29,31H,4-8,19,21H2,1-3H3. The van der Waals surface area contributed by atoms with E-state index in [1.165, 1.54) is 25.7 Å². The van der Waals surface area contributed by atoms with E-state index in [0.717, 1.165) is 64.8 Å².